The van der Waals surface area contributed by atoms with Gasteiger partial charge < -0.3 is 15.0 Å². The number of nitrogens with one attached hydrogen (secondary N) is 1. The van der Waals surface area contributed by atoms with Gasteiger partial charge in [0.15, 0.2) is 0 Å². The number of nitrogens with zero attached hydrogens (tertiary/aromatic N) is 1. The van der Waals surface area contributed by atoms with Crippen molar-refractivity contribution < 1.29 is 9.53 Å². The molecule has 2 rings (SSSR count). The molecule has 0 radical (unpaired) electrons. The molecule has 5 heteroatoms. The van der Waals surface area contributed by atoms with E-state index >= 15 is 0 Å². The van der Waals surface area contributed by atoms with Gasteiger partial charge in [-0.15, -0.1) is 12.4 Å². The van der Waals surface area contributed by atoms with E-state index in [1.54, 1.807) is 7.11 Å². The third-order valence-electron chi connectivity index (χ3n) is 3.23. The minimum absolute atomic E-state index is 0. The van der Waals surface area contributed by atoms with Crippen LogP contribution >= 0.6 is 12.4 Å². The topological polar surface area (TPSA) is 41.6 Å². The molecular formula is C14H21ClN2O2. The van der Waals surface area contributed by atoms with Gasteiger partial charge in [0.1, 0.15) is 5.75 Å². The van der Waals surface area contributed by atoms with Crippen LogP contribution in [0.4, 0.5) is 0 Å². The third kappa shape index (κ3) is 4.40. The number of ether oxygens (including phenoxy) is 1. The summed E-state index contributed by atoms with van der Waals surface area (Å²) in [6.45, 7) is 3.53. The predicted molar refractivity (Wildman–Crippen MR) is 78.0 cm³/mol. The Morgan fingerprint density at radius 1 is 1.32 bits per heavy atom. The van der Waals surface area contributed by atoms with Crippen LogP contribution in [0.1, 0.15) is 12.0 Å². The summed E-state index contributed by atoms with van der Waals surface area (Å²) in [5.74, 6) is 0.974. The van der Waals surface area contributed by atoms with Crippen molar-refractivity contribution in [2.45, 2.75) is 12.8 Å². The fourth-order valence-electron chi connectivity index (χ4n) is 2.22. The normalized spacial score (nSPS) is 15.3. The van der Waals surface area contributed by atoms with Gasteiger partial charge in [0.25, 0.3) is 0 Å². The molecule has 0 aliphatic carbocycles. The van der Waals surface area contributed by atoms with Gasteiger partial charge in [0.2, 0.25) is 5.91 Å². The van der Waals surface area contributed by atoms with E-state index in [-0.39, 0.29) is 18.3 Å². The molecule has 1 aliphatic heterocycles. The summed E-state index contributed by atoms with van der Waals surface area (Å²) in [4.78, 5) is 14.2. The molecule has 0 aromatic heterocycles. The van der Waals surface area contributed by atoms with Crippen molar-refractivity contribution in [1.29, 1.82) is 0 Å². The summed E-state index contributed by atoms with van der Waals surface area (Å²) < 4.78 is 5.28. The second-order valence-corrected chi connectivity index (χ2v) is 4.47. The molecule has 0 unspecified atom stereocenters. The zero-order valence-corrected chi connectivity index (χ0v) is 12.0. The van der Waals surface area contributed by atoms with Crippen molar-refractivity contribution >= 4 is 18.3 Å². The Morgan fingerprint density at radius 3 is 2.89 bits per heavy atom. The number of carbonyl (C=O) groups excluding carboxylic acids is 1. The highest BCUT2D eigenvalue weighted by Crippen LogP contribution is 2.18. The molecule has 1 aliphatic rings. The van der Waals surface area contributed by atoms with E-state index in [2.05, 4.69) is 5.32 Å². The number of amides is 1. The zero-order chi connectivity index (χ0) is 12.8. The van der Waals surface area contributed by atoms with E-state index in [1.807, 2.05) is 29.2 Å². The minimum Gasteiger partial charge on any atom is -0.496 e. The second-order valence-electron chi connectivity index (χ2n) is 4.47. The van der Waals surface area contributed by atoms with Crippen LogP contribution in [0.5, 0.6) is 5.75 Å². The number of hydrogen-bond donors (Lipinski definition) is 1. The molecule has 0 atom stereocenters. The van der Waals surface area contributed by atoms with Gasteiger partial charge in [-0.2, -0.15) is 0 Å². The van der Waals surface area contributed by atoms with E-state index in [0.717, 1.165) is 43.9 Å². The molecule has 0 saturated carbocycles. The van der Waals surface area contributed by atoms with Gasteiger partial charge >= 0.3 is 0 Å². The average molecular weight is 285 g/mol. The molecule has 1 aromatic rings. The number of para-hydroxylation sites is 1. The van der Waals surface area contributed by atoms with Crippen LogP contribution in [-0.2, 0) is 11.2 Å². The van der Waals surface area contributed by atoms with E-state index in [9.17, 15) is 4.79 Å². The lowest BCUT2D eigenvalue weighted by Gasteiger charge is -2.20. The minimum atomic E-state index is 0. The lowest BCUT2D eigenvalue weighted by atomic mass is 10.1. The molecule has 1 fully saturated rings. The van der Waals surface area contributed by atoms with E-state index in [4.69, 9.17) is 4.74 Å². The molecular weight excluding hydrogens is 264 g/mol. The second kappa shape index (κ2) is 8.02. The third-order valence-corrected chi connectivity index (χ3v) is 3.23. The van der Waals surface area contributed by atoms with Crippen molar-refractivity contribution in [2.75, 3.05) is 33.3 Å². The average Bonchev–Trinajstić information content (AvgIpc) is 2.68. The number of halogens is 1. The first-order valence-corrected chi connectivity index (χ1v) is 6.41. The number of hydrogen-bond acceptors (Lipinski definition) is 3. The Hall–Kier alpha value is -1.26. The number of carbonyl (C=O) groups is 1. The van der Waals surface area contributed by atoms with Crippen LogP contribution in [0.2, 0.25) is 0 Å². The highest BCUT2D eigenvalue weighted by atomic mass is 35.5. The van der Waals surface area contributed by atoms with E-state index in [0.29, 0.717) is 6.42 Å². The van der Waals surface area contributed by atoms with Crippen LogP contribution in [0.15, 0.2) is 24.3 Å². The number of methoxy groups -OCH3 is 1. The van der Waals surface area contributed by atoms with Gasteiger partial charge in [-0.1, -0.05) is 18.2 Å². The van der Waals surface area contributed by atoms with Gasteiger partial charge in [0, 0.05) is 25.2 Å². The monoisotopic (exact) mass is 284 g/mol. The highest BCUT2D eigenvalue weighted by Gasteiger charge is 2.16. The fourth-order valence-corrected chi connectivity index (χ4v) is 2.22. The molecule has 19 heavy (non-hydrogen) atoms. The van der Waals surface area contributed by atoms with Gasteiger partial charge in [-0.3, -0.25) is 4.79 Å². The van der Waals surface area contributed by atoms with Crippen LogP contribution < -0.4 is 10.1 Å². The predicted octanol–water partition coefficient (Wildman–Crippen LogP) is 1.48. The molecule has 4 nitrogen and oxygen atoms in total. The maximum atomic E-state index is 12.2. The van der Waals surface area contributed by atoms with Crippen LogP contribution in [0, 0.1) is 0 Å². The standard InChI is InChI=1S/C14H20N2O2.ClH/c1-18-13-6-3-2-5-12(13)11-14(17)16-9-4-7-15-8-10-16;/h2-3,5-6,15H,4,7-11H2,1H3;1H. The summed E-state index contributed by atoms with van der Waals surface area (Å²) in [5.41, 5.74) is 0.960. The molecule has 1 N–H and O–H groups in total. The zero-order valence-electron chi connectivity index (χ0n) is 11.2. The lowest BCUT2D eigenvalue weighted by molar-refractivity contribution is -0.130. The fraction of sp³-hybridized carbons (Fsp3) is 0.500. The van der Waals surface area contributed by atoms with E-state index in [1.165, 1.54) is 0 Å². The molecule has 0 bridgehead atoms. The molecule has 0 spiro atoms. The largest absolute Gasteiger partial charge is 0.496 e. The lowest BCUT2D eigenvalue weighted by Crippen LogP contribution is -2.35. The first kappa shape index (κ1) is 15.8. The van der Waals surface area contributed by atoms with Gasteiger partial charge in [-0.05, 0) is 19.0 Å². The molecule has 1 aromatic carbocycles. The summed E-state index contributed by atoms with van der Waals surface area (Å²) in [5, 5.41) is 3.30. The van der Waals surface area contributed by atoms with Crippen LogP contribution in [0.3, 0.4) is 0 Å². The highest BCUT2D eigenvalue weighted by molar-refractivity contribution is 5.85. The molecule has 1 heterocycles. The van der Waals surface area contributed by atoms with Crippen LogP contribution in [-0.4, -0.2) is 44.1 Å². The smallest absolute Gasteiger partial charge is 0.227 e. The van der Waals surface area contributed by atoms with Crippen molar-refractivity contribution in [3.63, 3.8) is 0 Å². The van der Waals surface area contributed by atoms with Crippen LogP contribution in [0.25, 0.3) is 0 Å². The number of rotatable bonds is 3. The molecule has 1 amide bonds. The summed E-state index contributed by atoms with van der Waals surface area (Å²) in [6.07, 6.45) is 1.45. The molecule has 1 saturated heterocycles. The van der Waals surface area contributed by atoms with Crippen molar-refractivity contribution in [3.8, 4) is 5.75 Å². The summed E-state index contributed by atoms with van der Waals surface area (Å²) >= 11 is 0. The Labute approximate surface area is 120 Å². The van der Waals surface area contributed by atoms with Crippen molar-refractivity contribution in [1.82, 2.24) is 10.2 Å². The maximum Gasteiger partial charge on any atom is 0.227 e. The summed E-state index contributed by atoms with van der Waals surface area (Å²) in [6, 6.07) is 7.71. The Kier molecular flexibility index (Phi) is 6.67. The van der Waals surface area contributed by atoms with Crippen molar-refractivity contribution in [2.24, 2.45) is 0 Å². The summed E-state index contributed by atoms with van der Waals surface area (Å²) in [7, 11) is 1.64. The SMILES string of the molecule is COc1ccccc1CC(=O)N1CCCNCC1.Cl. The Balaban J connectivity index is 0.00000180. The Morgan fingerprint density at radius 2 is 2.11 bits per heavy atom. The van der Waals surface area contributed by atoms with Gasteiger partial charge in [-0.25, -0.2) is 0 Å². The van der Waals surface area contributed by atoms with E-state index < -0.39 is 0 Å². The molecule has 106 valence electrons. The first-order valence-electron chi connectivity index (χ1n) is 6.41. The van der Waals surface area contributed by atoms with Gasteiger partial charge in [0.05, 0.1) is 13.5 Å². The number of benzene rings is 1. The van der Waals surface area contributed by atoms with Crippen molar-refractivity contribution in [3.05, 3.63) is 29.8 Å². The quantitative estimate of drug-likeness (QED) is 0.914. The Bertz CT molecular complexity index is 404. The first-order chi connectivity index (χ1) is 8.81. The maximum absolute atomic E-state index is 12.2.